The average Bonchev–Trinajstić information content (AvgIpc) is 3.33. The first-order chi connectivity index (χ1) is 13.2. The Morgan fingerprint density at radius 2 is 1.89 bits per heavy atom. The number of carbonyl (C=O) groups excluding carboxylic acids is 1. The first-order valence-electron chi connectivity index (χ1n) is 9.52. The lowest BCUT2D eigenvalue weighted by atomic mass is 10.0. The van der Waals surface area contributed by atoms with E-state index in [2.05, 4.69) is 66.8 Å². The molecule has 2 atom stereocenters. The molecular weight excluding hydrogens is 352 g/mol. The molecule has 1 saturated heterocycles. The molecule has 0 aliphatic carbocycles. The number of hydrogen-bond donors (Lipinski definition) is 2. The molecule has 138 valence electrons. The van der Waals surface area contributed by atoms with Gasteiger partial charge in [0.25, 0.3) is 5.91 Å². The summed E-state index contributed by atoms with van der Waals surface area (Å²) in [7, 11) is 0. The van der Waals surface area contributed by atoms with E-state index in [1.807, 2.05) is 11.4 Å². The highest BCUT2D eigenvalue weighted by Gasteiger charge is 2.28. The van der Waals surface area contributed by atoms with Crippen LogP contribution in [-0.4, -0.2) is 25.0 Å². The van der Waals surface area contributed by atoms with Crippen molar-refractivity contribution >= 4 is 17.2 Å². The second-order valence-electron chi connectivity index (χ2n) is 7.35. The number of nitrogens with one attached hydrogen (secondary N) is 2. The Labute approximate surface area is 164 Å². The standard InChI is InChI=1S/C23H24N2OS/c1-17-7-9-19(10-8-17)21-12-14-27-22(21)23(26)24-20-11-13-25(16-20)15-18-5-3-2-4-6-18/h2-10,12,14,20H,11,13,15-16H2,1H3,(H,24,26)/p+1/t20-/m1/s1. The van der Waals surface area contributed by atoms with Crippen LogP contribution in [0.1, 0.15) is 27.2 Å². The predicted molar refractivity (Wildman–Crippen MR) is 111 cm³/mol. The van der Waals surface area contributed by atoms with Crippen LogP contribution in [-0.2, 0) is 6.54 Å². The predicted octanol–water partition coefficient (Wildman–Crippen LogP) is 3.31. The summed E-state index contributed by atoms with van der Waals surface area (Å²) < 4.78 is 0. The van der Waals surface area contributed by atoms with Crippen molar-refractivity contribution in [1.29, 1.82) is 0 Å². The number of thiophene rings is 1. The highest BCUT2D eigenvalue weighted by molar-refractivity contribution is 7.12. The molecule has 1 unspecified atom stereocenters. The minimum absolute atomic E-state index is 0.0616. The van der Waals surface area contributed by atoms with Gasteiger partial charge in [0, 0.05) is 17.5 Å². The van der Waals surface area contributed by atoms with Crippen LogP contribution < -0.4 is 10.2 Å². The zero-order valence-corrected chi connectivity index (χ0v) is 16.4. The van der Waals surface area contributed by atoms with Crippen LogP contribution in [0, 0.1) is 6.92 Å². The Morgan fingerprint density at radius 1 is 1.11 bits per heavy atom. The number of amides is 1. The van der Waals surface area contributed by atoms with Crippen LogP contribution in [0.3, 0.4) is 0 Å². The van der Waals surface area contributed by atoms with Gasteiger partial charge in [-0.3, -0.25) is 4.79 Å². The Morgan fingerprint density at radius 3 is 2.67 bits per heavy atom. The molecule has 1 aliphatic rings. The summed E-state index contributed by atoms with van der Waals surface area (Å²) in [5.41, 5.74) is 4.73. The summed E-state index contributed by atoms with van der Waals surface area (Å²) >= 11 is 1.52. The lowest BCUT2D eigenvalue weighted by molar-refractivity contribution is -0.901. The molecule has 3 aromatic rings. The van der Waals surface area contributed by atoms with E-state index in [9.17, 15) is 4.79 Å². The zero-order chi connectivity index (χ0) is 18.6. The van der Waals surface area contributed by atoms with Crippen molar-refractivity contribution in [2.75, 3.05) is 13.1 Å². The van der Waals surface area contributed by atoms with E-state index in [1.165, 1.54) is 27.4 Å². The molecule has 0 saturated carbocycles. The maximum Gasteiger partial charge on any atom is 0.262 e. The van der Waals surface area contributed by atoms with E-state index in [0.29, 0.717) is 0 Å². The van der Waals surface area contributed by atoms with E-state index in [1.54, 1.807) is 0 Å². The summed E-state index contributed by atoms with van der Waals surface area (Å²) in [6.45, 7) is 5.20. The average molecular weight is 378 g/mol. The summed E-state index contributed by atoms with van der Waals surface area (Å²) in [6.07, 6.45) is 1.04. The second-order valence-corrected chi connectivity index (χ2v) is 8.27. The third-order valence-electron chi connectivity index (χ3n) is 5.25. The molecule has 1 fully saturated rings. The largest absolute Gasteiger partial charge is 0.343 e. The van der Waals surface area contributed by atoms with Crippen molar-refractivity contribution in [1.82, 2.24) is 5.32 Å². The molecule has 0 bridgehead atoms. The molecule has 2 heterocycles. The first kappa shape index (κ1) is 18.0. The molecule has 2 aromatic carbocycles. The molecule has 4 rings (SSSR count). The van der Waals surface area contributed by atoms with Crippen LogP contribution in [0.2, 0.25) is 0 Å². The molecule has 2 N–H and O–H groups in total. The van der Waals surface area contributed by atoms with E-state index in [-0.39, 0.29) is 11.9 Å². The van der Waals surface area contributed by atoms with Gasteiger partial charge in [-0.2, -0.15) is 0 Å². The Kier molecular flexibility index (Phi) is 5.37. The van der Waals surface area contributed by atoms with Crippen LogP contribution in [0.4, 0.5) is 0 Å². The van der Waals surface area contributed by atoms with Gasteiger partial charge in [0.1, 0.15) is 6.54 Å². The van der Waals surface area contributed by atoms with Crippen molar-refractivity contribution < 1.29 is 9.69 Å². The number of quaternary nitrogens is 1. The van der Waals surface area contributed by atoms with Crippen LogP contribution >= 0.6 is 11.3 Å². The smallest absolute Gasteiger partial charge is 0.262 e. The number of hydrogen-bond acceptors (Lipinski definition) is 2. The van der Waals surface area contributed by atoms with Crippen molar-refractivity contribution in [2.24, 2.45) is 0 Å². The van der Waals surface area contributed by atoms with Gasteiger partial charge in [0.15, 0.2) is 0 Å². The SMILES string of the molecule is Cc1ccc(-c2ccsc2C(=O)N[C@@H]2CC[NH+](Cc3ccccc3)C2)cc1. The topological polar surface area (TPSA) is 33.5 Å². The van der Waals surface area contributed by atoms with Gasteiger partial charge in [0.05, 0.1) is 24.0 Å². The molecule has 3 nitrogen and oxygen atoms in total. The molecule has 1 amide bonds. The quantitative estimate of drug-likeness (QED) is 0.703. The Bertz CT molecular complexity index is 902. The lowest BCUT2D eigenvalue weighted by Crippen LogP contribution is -3.09. The first-order valence-corrected chi connectivity index (χ1v) is 10.4. The minimum atomic E-state index is 0.0616. The van der Waals surface area contributed by atoms with Gasteiger partial charge in [0.2, 0.25) is 0 Å². The van der Waals surface area contributed by atoms with Crippen LogP contribution in [0.25, 0.3) is 11.1 Å². The van der Waals surface area contributed by atoms with Gasteiger partial charge in [-0.15, -0.1) is 11.3 Å². The number of carbonyl (C=O) groups is 1. The molecule has 0 radical (unpaired) electrons. The highest BCUT2D eigenvalue weighted by atomic mass is 32.1. The molecule has 27 heavy (non-hydrogen) atoms. The summed E-state index contributed by atoms with van der Waals surface area (Å²) in [5, 5.41) is 5.27. The fraction of sp³-hybridized carbons (Fsp3) is 0.261. The Hall–Kier alpha value is -2.43. The van der Waals surface area contributed by atoms with Gasteiger partial charge in [-0.05, 0) is 23.9 Å². The lowest BCUT2D eigenvalue weighted by Gasteiger charge is -2.14. The third kappa shape index (κ3) is 4.29. The summed E-state index contributed by atoms with van der Waals surface area (Å²) in [5.74, 6) is 0.0616. The van der Waals surface area contributed by atoms with E-state index >= 15 is 0 Å². The third-order valence-corrected chi connectivity index (χ3v) is 6.16. The minimum Gasteiger partial charge on any atom is -0.343 e. The molecule has 1 aromatic heterocycles. The van der Waals surface area contributed by atoms with E-state index < -0.39 is 0 Å². The van der Waals surface area contributed by atoms with Crippen LogP contribution in [0.5, 0.6) is 0 Å². The normalized spacial score (nSPS) is 19.1. The van der Waals surface area contributed by atoms with Crippen molar-refractivity contribution in [3.05, 3.63) is 82.0 Å². The number of aryl methyl sites for hydroxylation is 1. The monoisotopic (exact) mass is 377 g/mol. The van der Waals surface area contributed by atoms with Gasteiger partial charge < -0.3 is 10.2 Å². The Balaban J connectivity index is 1.39. The van der Waals surface area contributed by atoms with Crippen molar-refractivity contribution in [3.63, 3.8) is 0 Å². The molecule has 4 heteroatoms. The number of benzene rings is 2. The van der Waals surface area contributed by atoms with Crippen molar-refractivity contribution in [3.8, 4) is 11.1 Å². The highest BCUT2D eigenvalue weighted by Crippen LogP contribution is 2.28. The fourth-order valence-corrected chi connectivity index (χ4v) is 4.61. The molecular formula is C23H25N2OS+. The molecule has 1 aliphatic heterocycles. The zero-order valence-electron chi connectivity index (χ0n) is 15.6. The van der Waals surface area contributed by atoms with Crippen molar-refractivity contribution in [2.45, 2.75) is 25.9 Å². The van der Waals surface area contributed by atoms with E-state index in [0.717, 1.165) is 42.1 Å². The number of likely N-dealkylation sites (tertiary alicyclic amines) is 1. The summed E-state index contributed by atoms with van der Waals surface area (Å²) in [4.78, 5) is 15.2. The van der Waals surface area contributed by atoms with E-state index in [4.69, 9.17) is 0 Å². The van der Waals surface area contributed by atoms with Crippen LogP contribution in [0.15, 0.2) is 66.0 Å². The number of rotatable bonds is 5. The maximum absolute atomic E-state index is 12.9. The second kappa shape index (κ2) is 8.07. The van der Waals surface area contributed by atoms with Gasteiger partial charge in [-0.25, -0.2) is 0 Å². The summed E-state index contributed by atoms with van der Waals surface area (Å²) in [6, 6.07) is 21.3. The molecule has 0 spiro atoms. The maximum atomic E-state index is 12.9. The van der Waals surface area contributed by atoms with Gasteiger partial charge >= 0.3 is 0 Å². The van der Waals surface area contributed by atoms with Gasteiger partial charge in [-0.1, -0.05) is 60.2 Å². The fourth-order valence-electron chi connectivity index (χ4n) is 3.80.